The Morgan fingerprint density at radius 1 is 1.55 bits per heavy atom. The number of pyridine rings is 1. The van der Waals surface area contributed by atoms with Crippen LogP contribution in [0.2, 0.25) is 0 Å². The molecule has 2 heterocycles. The third kappa shape index (κ3) is 2.51. The standard InChI is InChI=1S/C9H7N5O5S/c1-13-8(17)11-12-9(13)20-6-5(14(18)19)3-2-4(10-6)7(15)16/h2-3H,1H3,(H,11,17)(H,15,16). The lowest BCUT2D eigenvalue weighted by atomic mass is 10.3. The zero-order chi connectivity index (χ0) is 14.9. The molecule has 10 nitrogen and oxygen atoms in total. The van der Waals surface area contributed by atoms with E-state index in [1.807, 2.05) is 0 Å². The van der Waals surface area contributed by atoms with Crippen molar-refractivity contribution in [1.82, 2.24) is 19.7 Å². The SMILES string of the molecule is Cn1c(Sc2nc(C(=O)O)ccc2[N+](=O)[O-])n[nH]c1=O. The van der Waals surface area contributed by atoms with Gasteiger partial charge in [-0.3, -0.25) is 14.7 Å². The molecule has 11 heteroatoms. The molecular formula is C9H7N5O5S. The lowest BCUT2D eigenvalue weighted by molar-refractivity contribution is -0.388. The number of nitrogens with zero attached hydrogens (tertiary/aromatic N) is 4. The molecule has 2 aromatic heterocycles. The molecule has 2 rings (SSSR count). The maximum Gasteiger partial charge on any atom is 0.354 e. The van der Waals surface area contributed by atoms with E-state index >= 15 is 0 Å². The van der Waals surface area contributed by atoms with Gasteiger partial charge in [0.1, 0.15) is 5.69 Å². The zero-order valence-electron chi connectivity index (χ0n) is 9.93. The highest BCUT2D eigenvalue weighted by atomic mass is 32.2. The van der Waals surface area contributed by atoms with Crippen LogP contribution in [0, 0.1) is 10.1 Å². The van der Waals surface area contributed by atoms with E-state index in [1.165, 1.54) is 7.05 Å². The summed E-state index contributed by atoms with van der Waals surface area (Å²) >= 11 is 0.726. The smallest absolute Gasteiger partial charge is 0.354 e. The van der Waals surface area contributed by atoms with Crippen LogP contribution in [0.3, 0.4) is 0 Å². The van der Waals surface area contributed by atoms with Crippen molar-refractivity contribution in [3.05, 3.63) is 38.4 Å². The summed E-state index contributed by atoms with van der Waals surface area (Å²) in [5, 5.41) is 25.5. The molecule has 2 aromatic rings. The van der Waals surface area contributed by atoms with Gasteiger partial charge in [0.2, 0.25) is 0 Å². The van der Waals surface area contributed by atoms with Gasteiger partial charge in [0, 0.05) is 13.1 Å². The first-order chi connectivity index (χ1) is 9.40. The highest BCUT2D eigenvalue weighted by Gasteiger charge is 2.21. The van der Waals surface area contributed by atoms with Gasteiger partial charge in [-0.15, -0.1) is 5.10 Å². The molecule has 0 fully saturated rings. The number of nitrogens with one attached hydrogen (secondary N) is 1. The Kier molecular flexibility index (Phi) is 3.52. The van der Waals surface area contributed by atoms with Crippen molar-refractivity contribution in [3.8, 4) is 0 Å². The van der Waals surface area contributed by atoms with Crippen molar-refractivity contribution < 1.29 is 14.8 Å². The first kappa shape index (κ1) is 13.7. The molecule has 20 heavy (non-hydrogen) atoms. The molecule has 0 unspecified atom stereocenters. The molecule has 0 aliphatic heterocycles. The molecule has 104 valence electrons. The van der Waals surface area contributed by atoms with Crippen LogP contribution in [0.15, 0.2) is 27.1 Å². The molecule has 0 radical (unpaired) electrons. The maximum absolute atomic E-state index is 11.2. The summed E-state index contributed by atoms with van der Waals surface area (Å²) in [5.41, 5.74) is -1.20. The van der Waals surface area contributed by atoms with Crippen LogP contribution in [0.5, 0.6) is 0 Å². The van der Waals surface area contributed by atoms with Crippen LogP contribution in [0.25, 0.3) is 0 Å². The van der Waals surface area contributed by atoms with Crippen LogP contribution >= 0.6 is 11.8 Å². The van der Waals surface area contributed by atoms with Crippen molar-refractivity contribution in [2.75, 3.05) is 0 Å². The molecular weight excluding hydrogens is 290 g/mol. The molecule has 0 aromatic carbocycles. The summed E-state index contributed by atoms with van der Waals surface area (Å²) in [7, 11) is 1.42. The van der Waals surface area contributed by atoms with E-state index in [0.29, 0.717) is 0 Å². The topological polar surface area (TPSA) is 144 Å². The van der Waals surface area contributed by atoms with Crippen molar-refractivity contribution >= 4 is 23.4 Å². The molecule has 0 saturated carbocycles. The van der Waals surface area contributed by atoms with Gasteiger partial charge in [0.05, 0.1) is 4.92 Å². The van der Waals surface area contributed by atoms with Gasteiger partial charge >= 0.3 is 17.3 Å². The Hall–Kier alpha value is -2.69. The lowest BCUT2D eigenvalue weighted by Crippen LogP contribution is -2.13. The van der Waals surface area contributed by atoms with E-state index < -0.39 is 16.6 Å². The number of aromatic carboxylic acids is 1. The minimum atomic E-state index is -1.31. The molecule has 0 atom stereocenters. The molecule has 0 amide bonds. The van der Waals surface area contributed by atoms with Gasteiger partial charge in [-0.25, -0.2) is 19.7 Å². The number of carbonyl (C=O) groups is 1. The number of rotatable bonds is 4. The zero-order valence-corrected chi connectivity index (χ0v) is 10.7. The van der Waals surface area contributed by atoms with E-state index in [9.17, 15) is 19.7 Å². The lowest BCUT2D eigenvalue weighted by Gasteiger charge is -2.02. The van der Waals surface area contributed by atoms with Gasteiger partial charge in [-0.05, 0) is 17.8 Å². The number of aromatic nitrogens is 4. The van der Waals surface area contributed by atoms with E-state index in [-0.39, 0.29) is 21.6 Å². The molecule has 0 bridgehead atoms. The predicted molar refractivity (Wildman–Crippen MR) is 65.8 cm³/mol. The Morgan fingerprint density at radius 2 is 2.25 bits per heavy atom. The summed E-state index contributed by atoms with van der Waals surface area (Å²) in [6.45, 7) is 0. The molecule has 0 saturated heterocycles. The monoisotopic (exact) mass is 297 g/mol. The highest BCUT2D eigenvalue weighted by molar-refractivity contribution is 7.99. The quantitative estimate of drug-likeness (QED) is 0.604. The molecule has 2 N–H and O–H groups in total. The van der Waals surface area contributed by atoms with Gasteiger partial charge in [0.15, 0.2) is 10.2 Å². The fourth-order valence-electron chi connectivity index (χ4n) is 1.28. The minimum absolute atomic E-state index is 0.133. The Morgan fingerprint density at radius 3 is 2.75 bits per heavy atom. The van der Waals surface area contributed by atoms with Gasteiger partial charge < -0.3 is 5.11 Å². The second kappa shape index (κ2) is 5.13. The highest BCUT2D eigenvalue weighted by Crippen LogP contribution is 2.31. The van der Waals surface area contributed by atoms with Crippen LogP contribution < -0.4 is 5.69 Å². The fourth-order valence-corrected chi connectivity index (χ4v) is 2.15. The predicted octanol–water partition coefficient (Wildman–Crippen LogP) is 0.261. The summed E-state index contributed by atoms with van der Waals surface area (Å²) in [6, 6.07) is 2.08. The summed E-state index contributed by atoms with van der Waals surface area (Å²) in [5.74, 6) is -1.31. The van der Waals surface area contributed by atoms with Crippen LogP contribution in [-0.4, -0.2) is 35.7 Å². The number of aromatic amines is 1. The second-order valence-electron chi connectivity index (χ2n) is 3.56. The van der Waals surface area contributed by atoms with E-state index in [2.05, 4.69) is 15.2 Å². The molecule has 0 aliphatic rings. The van der Waals surface area contributed by atoms with Gasteiger partial charge in [-0.1, -0.05) is 0 Å². The maximum atomic E-state index is 11.2. The summed E-state index contributed by atoms with van der Waals surface area (Å²) < 4.78 is 1.13. The van der Waals surface area contributed by atoms with Crippen molar-refractivity contribution in [2.24, 2.45) is 7.05 Å². The van der Waals surface area contributed by atoms with E-state index in [4.69, 9.17) is 5.11 Å². The third-order valence-corrected chi connectivity index (χ3v) is 3.32. The van der Waals surface area contributed by atoms with Crippen molar-refractivity contribution in [2.45, 2.75) is 10.2 Å². The number of carboxylic acids is 1. The van der Waals surface area contributed by atoms with Crippen LogP contribution in [0.4, 0.5) is 5.69 Å². The second-order valence-corrected chi connectivity index (χ2v) is 4.51. The first-order valence-corrected chi connectivity index (χ1v) is 5.89. The summed E-state index contributed by atoms with van der Waals surface area (Å²) in [4.78, 5) is 35.9. The Balaban J connectivity index is 2.50. The number of hydrogen-bond donors (Lipinski definition) is 2. The van der Waals surface area contributed by atoms with Crippen molar-refractivity contribution in [1.29, 1.82) is 0 Å². The minimum Gasteiger partial charge on any atom is -0.477 e. The number of H-pyrrole nitrogens is 1. The van der Waals surface area contributed by atoms with Crippen LogP contribution in [-0.2, 0) is 7.05 Å². The largest absolute Gasteiger partial charge is 0.477 e. The number of hydrogen-bond acceptors (Lipinski definition) is 7. The average molecular weight is 297 g/mol. The van der Waals surface area contributed by atoms with E-state index in [0.717, 1.165) is 28.5 Å². The van der Waals surface area contributed by atoms with Gasteiger partial charge in [-0.2, -0.15) is 0 Å². The molecule has 0 spiro atoms. The first-order valence-electron chi connectivity index (χ1n) is 5.08. The van der Waals surface area contributed by atoms with Crippen LogP contribution in [0.1, 0.15) is 10.5 Å². The number of carboxylic acid groups (broad SMARTS) is 1. The normalized spacial score (nSPS) is 10.4. The van der Waals surface area contributed by atoms with E-state index in [1.54, 1.807) is 0 Å². The average Bonchev–Trinajstić information content (AvgIpc) is 2.70. The Bertz CT molecular complexity index is 751. The molecule has 0 aliphatic carbocycles. The fraction of sp³-hybridized carbons (Fsp3) is 0.111. The van der Waals surface area contributed by atoms with Gasteiger partial charge in [0.25, 0.3) is 0 Å². The third-order valence-electron chi connectivity index (χ3n) is 2.28. The van der Waals surface area contributed by atoms with Crippen molar-refractivity contribution in [3.63, 3.8) is 0 Å². The number of nitro groups is 1. The Labute approximate surface area is 114 Å². The summed E-state index contributed by atoms with van der Waals surface area (Å²) in [6.07, 6.45) is 0.